The summed E-state index contributed by atoms with van der Waals surface area (Å²) in [6.45, 7) is 2.80. The van der Waals surface area contributed by atoms with Crippen LogP contribution in [-0.4, -0.2) is 55.4 Å². The minimum absolute atomic E-state index is 0.189. The van der Waals surface area contributed by atoms with E-state index in [1.54, 1.807) is 26.0 Å². The van der Waals surface area contributed by atoms with Gasteiger partial charge in [0, 0.05) is 20.3 Å². The number of hydrogen-bond donors (Lipinski definition) is 0. The third kappa shape index (κ3) is 3.82. The molecule has 0 spiro atoms. The second-order valence-electron chi connectivity index (χ2n) is 7.56. The van der Waals surface area contributed by atoms with Gasteiger partial charge in [-0.25, -0.2) is 4.98 Å². The van der Waals surface area contributed by atoms with Gasteiger partial charge in [-0.2, -0.15) is 0 Å². The Balaban J connectivity index is 1.94. The Bertz CT molecular complexity index is 1130. The molecule has 2 atom stereocenters. The van der Waals surface area contributed by atoms with E-state index in [4.69, 9.17) is 19.2 Å². The normalized spacial score (nSPS) is 18.0. The summed E-state index contributed by atoms with van der Waals surface area (Å²) in [6, 6.07) is 14.5. The third-order valence-electron chi connectivity index (χ3n) is 5.65. The highest BCUT2D eigenvalue weighted by atomic mass is 16.5. The molecule has 8 heteroatoms. The monoisotopic (exact) mass is 437 g/mol. The van der Waals surface area contributed by atoms with E-state index in [0.29, 0.717) is 31.3 Å². The molecular formula is C24H27N3O5. The second-order valence-corrected chi connectivity index (χ2v) is 7.56. The van der Waals surface area contributed by atoms with Gasteiger partial charge >= 0.3 is 5.97 Å². The van der Waals surface area contributed by atoms with Crippen LogP contribution in [0.4, 0.5) is 5.95 Å². The van der Waals surface area contributed by atoms with Crippen molar-refractivity contribution in [1.82, 2.24) is 9.55 Å². The van der Waals surface area contributed by atoms with Crippen LogP contribution in [0.15, 0.2) is 48.5 Å². The summed E-state index contributed by atoms with van der Waals surface area (Å²) in [6.07, 6.45) is 0.616. The fraction of sp³-hybridized carbons (Fsp3) is 0.375. The number of benzene rings is 2. The van der Waals surface area contributed by atoms with E-state index in [1.165, 1.54) is 0 Å². The number of amides is 1. The minimum Gasteiger partial charge on any atom is -0.497 e. The van der Waals surface area contributed by atoms with Crippen LogP contribution in [0.25, 0.3) is 11.0 Å². The molecule has 2 heterocycles. The van der Waals surface area contributed by atoms with Gasteiger partial charge in [0.25, 0.3) is 0 Å². The molecule has 2 unspecified atom stereocenters. The van der Waals surface area contributed by atoms with Crippen LogP contribution in [0.5, 0.6) is 5.75 Å². The Hall–Kier alpha value is -3.39. The molecule has 1 aromatic heterocycles. The molecule has 1 aliphatic rings. The third-order valence-corrected chi connectivity index (χ3v) is 5.65. The van der Waals surface area contributed by atoms with Crippen LogP contribution >= 0.6 is 0 Å². The highest BCUT2D eigenvalue weighted by Crippen LogP contribution is 2.41. The van der Waals surface area contributed by atoms with Crippen molar-refractivity contribution < 1.29 is 23.8 Å². The number of carbonyl (C=O) groups is 2. The van der Waals surface area contributed by atoms with E-state index in [-0.39, 0.29) is 12.5 Å². The molecule has 2 aromatic carbocycles. The molecule has 0 bridgehead atoms. The molecule has 168 valence electrons. The number of carbonyl (C=O) groups excluding carboxylic acids is 2. The number of imidazole rings is 1. The lowest BCUT2D eigenvalue weighted by Gasteiger charge is -2.38. The SMILES string of the molecule is CCOC(=O)C1C(=O)N(CCCOC)c2nc3ccccc3n2C1c1cccc(OC)c1. The second kappa shape index (κ2) is 9.40. The first-order valence-corrected chi connectivity index (χ1v) is 10.7. The van der Waals surface area contributed by atoms with Crippen LogP contribution in [0.2, 0.25) is 0 Å². The van der Waals surface area contributed by atoms with Gasteiger partial charge in [0.15, 0.2) is 5.92 Å². The lowest BCUT2D eigenvalue weighted by molar-refractivity contribution is -0.153. The quantitative estimate of drug-likeness (QED) is 0.306. The maximum Gasteiger partial charge on any atom is 0.321 e. The Kier molecular flexibility index (Phi) is 6.41. The van der Waals surface area contributed by atoms with E-state index < -0.39 is 17.9 Å². The molecular weight excluding hydrogens is 410 g/mol. The Labute approximate surface area is 186 Å². The molecule has 0 saturated carbocycles. The van der Waals surface area contributed by atoms with Gasteiger partial charge in [-0.3, -0.25) is 14.5 Å². The van der Waals surface area contributed by atoms with Crippen LogP contribution in [0.1, 0.15) is 24.9 Å². The number of methoxy groups -OCH3 is 2. The number of anilines is 1. The number of ether oxygens (including phenoxy) is 3. The zero-order valence-electron chi connectivity index (χ0n) is 18.5. The maximum absolute atomic E-state index is 13.7. The molecule has 3 aromatic rings. The van der Waals surface area contributed by atoms with Crippen molar-refractivity contribution in [1.29, 1.82) is 0 Å². The van der Waals surface area contributed by atoms with Gasteiger partial charge in [0.05, 0.1) is 30.8 Å². The van der Waals surface area contributed by atoms with Crippen molar-refractivity contribution in [3.8, 4) is 5.75 Å². The van der Waals surface area contributed by atoms with Crippen molar-refractivity contribution in [3.63, 3.8) is 0 Å². The van der Waals surface area contributed by atoms with Gasteiger partial charge in [0.2, 0.25) is 11.9 Å². The van der Waals surface area contributed by atoms with Crippen molar-refractivity contribution in [2.45, 2.75) is 19.4 Å². The summed E-state index contributed by atoms with van der Waals surface area (Å²) in [4.78, 5) is 33.2. The molecule has 1 amide bonds. The molecule has 32 heavy (non-hydrogen) atoms. The first-order chi connectivity index (χ1) is 15.6. The zero-order valence-corrected chi connectivity index (χ0v) is 18.5. The lowest BCUT2D eigenvalue weighted by atomic mass is 9.89. The number of fused-ring (bicyclic) bond motifs is 3. The summed E-state index contributed by atoms with van der Waals surface area (Å²) >= 11 is 0. The van der Waals surface area contributed by atoms with Crippen molar-refractivity contribution in [2.24, 2.45) is 5.92 Å². The smallest absolute Gasteiger partial charge is 0.321 e. The maximum atomic E-state index is 13.7. The minimum atomic E-state index is -1.05. The van der Waals surface area contributed by atoms with Gasteiger partial charge in [-0.15, -0.1) is 0 Å². The highest BCUT2D eigenvalue weighted by Gasteiger charge is 2.47. The Morgan fingerprint density at radius 2 is 1.94 bits per heavy atom. The van der Waals surface area contributed by atoms with Crippen molar-refractivity contribution in [2.75, 3.05) is 38.9 Å². The van der Waals surface area contributed by atoms with Crippen molar-refractivity contribution in [3.05, 3.63) is 54.1 Å². The summed E-state index contributed by atoms with van der Waals surface area (Å²) < 4.78 is 17.9. The Morgan fingerprint density at radius 3 is 2.69 bits per heavy atom. The predicted molar refractivity (Wildman–Crippen MR) is 120 cm³/mol. The highest BCUT2D eigenvalue weighted by molar-refractivity contribution is 6.08. The fourth-order valence-electron chi connectivity index (χ4n) is 4.25. The molecule has 0 radical (unpaired) electrons. The van der Waals surface area contributed by atoms with Crippen molar-refractivity contribution >= 4 is 28.9 Å². The van der Waals surface area contributed by atoms with Gasteiger partial charge in [-0.1, -0.05) is 24.3 Å². The van der Waals surface area contributed by atoms with E-state index >= 15 is 0 Å². The van der Waals surface area contributed by atoms with Crippen LogP contribution in [0, 0.1) is 5.92 Å². The fourth-order valence-corrected chi connectivity index (χ4v) is 4.25. The van der Waals surface area contributed by atoms with Gasteiger partial charge in [-0.05, 0) is 43.2 Å². The average Bonchev–Trinajstić information content (AvgIpc) is 3.19. The molecule has 0 aliphatic carbocycles. The zero-order chi connectivity index (χ0) is 22.7. The summed E-state index contributed by atoms with van der Waals surface area (Å²) in [5.74, 6) is -0.762. The van der Waals surface area contributed by atoms with E-state index in [2.05, 4.69) is 0 Å². The predicted octanol–water partition coefficient (Wildman–Crippen LogP) is 3.20. The van der Waals surface area contributed by atoms with E-state index in [9.17, 15) is 9.59 Å². The Morgan fingerprint density at radius 1 is 1.12 bits per heavy atom. The van der Waals surface area contributed by atoms with Gasteiger partial charge < -0.3 is 18.8 Å². The largest absolute Gasteiger partial charge is 0.497 e. The molecule has 0 saturated heterocycles. The summed E-state index contributed by atoms with van der Waals surface area (Å²) in [7, 11) is 3.21. The summed E-state index contributed by atoms with van der Waals surface area (Å²) in [5.41, 5.74) is 2.37. The van der Waals surface area contributed by atoms with E-state index in [0.717, 1.165) is 16.6 Å². The first-order valence-electron chi connectivity index (χ1n) is 10.7. The van der Waals surface area contributed by atoms with Gasteiger partial charge in [0.1, 0.15) is 5.75 Å². The molecule has 0 fully saturated rings. The first kappa shape index (κ1) is 21.8. The topological polar surface area (TPSA) is 82.9 Å². The number of para-hydroxylation sites is 2. The molecule has 4 rings (SSSR count). The lowest BCUT2D eigenvalue weighted by Crippen LogP contribution is -2.50. The standard InChI is InChI=1S/C24H27N3O5/c1-4-32-23(29)20-21(16-9-7-10-17(15-16)31-3)27-19-12-6-5-11-18(19)25-24(27)26(22(20)28)13-8-14-30-2/h5-7,9-12,15,20-21H,4,8,13-14H2,1-3H3. The van der Waals surface area contributed by atoms with Crippen LogP contribution in [0.3, 0.4) is 0 Å². The average molecular weight is 437 g/mol. The molecule has 1 aliphatic heterocycles. The van der Waals surface area contributed by atoms with Crippen LogP contribution in [-0.2, 0) is 19.1 Å². The number of hydrogen-bond acceptors (Lipinski definition) is 6. The number of aromatic nitrogens is 2. The van der Waals surface area contributed by atoms with E-state index in [1.807, 2.05) is 53.1 Å². The number of esters is 1. The molecule has 8 nitrogen and oxygen atoms in total. The summed E-state index contributed by atoms with van der Waals surface area (Å²) in [5, 5.41) is 0. The number of nitrogens with zero attached hydrogens (tertiary/aromatic N) is 3. The molecule has 0 N–H and O–H groups in total. The van der Waals surface area contributed by atoms with Crippen LogP contribution < -0.4 is 9.64 Å². The number of rotatable bonds is 8.